The first-order valence-corrected chi connectivity index (χ1v) is 9.94. The summed E-state index contributed by atoms with van der Waals surface area (Å²) >= 11 is 0. The van der Waals surface area contributed by atoms with Crippen LogP contribution < -0.4 is 5.32 Å². The second-order valence-electron chi connectivity index (χ2n) is 7.30. The fourth-order valence-electron chi connectivity index (χ4n) is 3.35. The Morgan fingerprint density at radius 1 is 1.25 bits per heavy atom. The first-order valence-electron chi connectivity index (χ1n) is 9.94. The molecule has 0 heterocycles. The maximum atomic E-state index is 14.5. The van der Waals surface area contributed by atoms with Crippen molar-refractivity contribution in [3.05, 3.63) is 64.2 Å². The van der Waals surface area contributed by atoms with E-state index >= 15 is 0 Å². The van der Waals surface area contributed by atoms with Gasteiger partial charge in [0.2, 0.25) is 0 Å². The third-order valence-corrected chi connectivity index (χ3v) is 4.72. The van der Waals surface area contributed by atoms with E-state index in [2.05, 4.69) is 24.9 Å². The van der Waals surface area contributed by atoms with Gasteiger partial charge < -0.3 is 10.1 Å². The summed E-state index contributed by atoms with van der Waals surface area (Å²) in [5.74, 6) is -4.19. The Labute approximate surface area is 166 Å². The van der Waals surface area contributed by atoms with Gasteiger partial charge in [0.15, 0.2) is 0 Å². The summed E-state index contributed by atoms with van der Waals surface area (Å²) in [5, 5.41) is 2.76. The molecule has 0 saturated heterocycles. The van der Waals surface area contributed by atoms with Crippen LogP contribution in [0.1, 0.15) is 47.0 Å². The van der Waals surface area contributed by atoms with Gasteiger partial charge >= 0.3 is 0 Å². The lowest BCUT2D eigenvalue weighted by atomic mass is 9.98. The van der Waals surface area contributed by atoms with Gasteiger partial charge in [-0.3, -0.25) is 0 Å². The molecule has 0 fully saturated rings. The van der Waals surface area contributed by atoms with Crippen LogP contribution in [0.2, 0.25) is 0 Å². The summed E-state index contributed by atoms with van der Waals surface area (Å²) in [4.78, 5) is 0. The molecule has 154 valence electrons. The Kier molecular flexibility index (Phi) is 8.11. The molecule has 0 aromatic heterocycles. The number of rotatable bonds is 9. The Hall–Kier alpha value is -1.81. The fraction of sp³-hybridized carbons (Fsp3) is 0.522. The fourth-order valence-corrected chi connectivity index (χ4v) is 3.35. The quantitative estimate of drug-likeness (QED) is 0.488. The molecule has 28 heavy (non-hydrogen) atoms. The summed E-state index contributed by atoms with van der Waals surface area (Å²) in [5.41, 5.74) is 5.79. The van der Waals surface area contributed by atoms with E-state index < -0.39 is 30.0 Å². The number of alkyl halides is 2. The number of allylic oxidation sites excluding steroid dienone is 4. The van der Waals surface area contributed by atoms with E-state index in [4.69, 9.17) is 4.74 Å². The van der Waals surface area contributed by atoms with E-state index in [1.807, 2.05) is 32.1 Å². The Morgan fingerprint density at radius 3 is 2.57 bits per heavy atom. The van der Waals surface area contributed by atoms with Crippen LogP contribution >= 0.6 is 0 Å². The Bertz CT molecular complexity index is 750. The molecule has 0 radical (unpaired) electrons. The Morgan fingerprint density at radius 2 is 1.96 bits per heavy atom. The number of ether oxygens (including phenoxy) is 1. The smallest absolute Gasteiger partial charge is 0.287 e. The molecular weight excluding hydrogens is 363 g/mol. The normalized spacial score (nSPS) is 20.3. The second-order valence-corrected chi connectivity index (χ2v) is 7.30. The van der Waals surface area contributed by atoms with Gasteiger partial charge in [-0.25, -0.2) is 4.39 Å². The average molecular weight is 393 g/mol. The zero-order chi connectivity index (χ0) is 20.7. The van der Waals surface area contributed by atoms with Crippen molar-refractivity contribution in [2.75, 3.05) is 13.1 Å². The maximum Gasteiger partial charge on any atom is 0.287 e. The van der Waals surface area contributed by atoms with Crippen LogP contribution in [0.25, 0.3) is 0 Å². The third kappa shape index (κ3) is 6.10. The summed E-state index contributed by atoms with van der Waals surface area (Å²) in [6.45, 7) is 7.43. The minimum absolute atomic E-state index is 0.0872. The summed E-state index contributed by atoms with van der Waals surface area (Å²) < 4.78 is 48.8. The predicted molar refractivity (Wildman–Crippen MR) is 108 cm³/mol. The van der Waals surface area contributed by atoms with Crippen molar-refractivity contribution in [1.82, 2.24) is 5.32 Å². The van der Waals surface area contributed by atoms with Gasteiger partial charge in [0.1, 0.15) is 5.83 Å². The highest BCUT2D eigenvalue weighted by Gasteiger charge is 2.38. The van der Waals surface area contributed by atoms with Crippen LogP contribution in [-0.2, 0) is 4.74 Å². The molecule has 1 unspecified atom stereocenters. The highest BCUT2D eigenvalue weighted by molar-refractivity contribution is 5.42. The lowest BCUT2D eigenvalue weighted by Crippen LogP contribution is -2.36. The van der Waals surface area contributed by atoms with E-state index in [9.17, 15) is 13.2 Å². The van der Waals surface area contributed by atoms with Crippen LogP contribution in [0.5, 0.6) is 0 Å². The minimum atomic E-state index is -3.29. The second kappa shape index (κ2) is 10.1. The van der Waals surface area contributed by atoms with Crippen molar-refractivity contribution in [1.29, 1.82) is 0 Å². The van der Waals surface area contributed by atoms with Gasteiger partial charge in [-0.05, 0) is 62.5 Å². The van der Waals surface area contributed by atoms with E-state index in [-0.39, 0.29) is 19.1 Å². The lowest BCUT2D eigenvalue weighted by molar-refractivity contribution is 0.0256. The van der Waals surface area contributed by atoms with E-state index in [0.29, 0.717) is 0 Å². The van der Waals surface area contributed by atoms with Gasteiger partial charge in [-0.15, -0.1) is 5.73 Å². The minimum Gasteiger partial charge on any atom is -0.371 e. The standard InChI is InChI=1S/C23H30F3NO/c1-5-18-9-7-8-17(12-19(18)6-2)14-27-15-23(25,26)21-11-10-20(13-22(21)24)28-16(3)4/h7,9,11-13,16,20,27H,5-6,10,14-15H2,1-4H3. The molecule has 0 aliphatic heterocycles. The van der Waals surface area contributed by atoms with Gasteiger partial charge in [0.25, 0.3) is 5.92 Å². The molecule has 0 aromatic carbocycles. The van der Waals surface area contributed by atoms with E-state index in [1.165, 1.54) is 17.2 Å². The lowest BCUT2D eigenvalue weighted by Gasteiger charge is -2.25. The molecule has 2 aliphatic carbocycles. The van der Waals surface area contributed by atoms with Gasteiger partial charge in [0, 0.05) is 12.1 Å². The van der Waals surface area contributed by atoms with E-state index in [0.717, 1.165) is 24.5 Å². The van der Waals surface area contributed by atoms with Crippen LogP contribution in [0.4, 0.5) is 13.2 Å². The molecule has 0 bridgehead atoms. The molecule has 0 saturated carbocycles. The third-order valence-electron chi connectivity index (χ3n) is 4.72. The zero-order valence-corrected chi connectivity index (χ0v) is 17.1. The van der Waals surface area contributed by atoms with Crippen LogP contribution in [0, 0.1) is 0 Å². The van der Waals surface area contributed by atoms with Crippen molar-refractivity contribution in [2.45, 2.75) is 65.1 Å². The molecule has 0 aromatic rings. The Balaban J connectivity index is 1.96. The monoisotopic (exact) mass is 393 g/mol. The molecule has 2 rings (SSSR count). The number of hydrogen-bond acceptors (Lipinski definition) is 2. The van der Waals surface area contributed by atoms with Gasteiger partial charge in [-0.1, -0.05) is 26.0 Å². The topological polar surface area (TPSA) is 21.3 Å². The van der Waals surface area contributed by atoms with Crippen molar-refractivity contribution in [2.24, 2.45) is 0 Å². The van der Waals surface area contributed by atoms with Crippen molar-refractivity contribution in [3.8, 4) is 0 Å². The van der Waals surface area contributed by atoms with Crippen molar-refractivity contribution < 1.29 is 17.9 Å². The molecule has 0 spiro atoms. The molecule has 2 aliphatic rings. The van der Waals surface area contributed by atoms with Gasteiger partial charge in [-0.2, -0.15) is 8.78 Å². The number of hydrogen-bond donors (Lipinski definition) is 1. The van der Waals surface area contributed by atoms with Crippen molar-refractivity contribution in [3.63, 3.8) is 0 Å². The molecule has 0 amide bonds. The molecular formula is C23H30F3NO. The first kappa shape index (κ1) is 22.5. The van der Waals surface area contributed by atoms with Crippen LogP contribution in [0.3, 0.4) is 0 Å². The highest BCUT2D eigenvalue weighted by atomic mass is 19.3. The zero-order valence-electron chi connectivity index (χ0n) is 17.1. The van der Waals surface area contributed by atoms with Crippen LogP contribution in [0.15, 0.2) is 64.2 Å². The van der Waals surface area contributed by atoms with Crippen molar-refractivity contribution >= 4 is 0 Å². The first-order chi connectivity index (χ1) is 13.3. The van der Waals surface area contributed by atoms with E-state index in [1.54, 1.807) is 0 Å². The summed E-state index contributed by atoms with van der Waals surface area (Å²) in [6.07, 6.45) is 9.69. The summed E-state index contributed by atoms with van der Waals surface area (Å²) in [6, 6.07) is 0. The predicted octanol–water partition coefficient (Wildman–Crippen LogP) is 5.96. The molecule has 5 heteroatoms. The maximum absolute atomic E-state index is 14.5. The molecule has 2 nitrogen and oxygen atoms in total. The SMILES string of the molecule is CCC1=CC=C=C(CNCC(F)(F)C2=CCC(OC(C)C)C=C2F)C=C1CC. The number of halogens is 3. The summed E-state index contributed by atoms with van der Waals surface area (Å²) in [7, 11) is 0. The molecule has 1 N–H and O–H groups in total. The van der Waals surface area contributed by atoms with Gasteiger partial charge in [0.05, 0.1) is 24.3 Å². The van der Waals surface area contributed by atoms with Crippen LogP contribution in [-0.4, -0.2) is 31.2 Å². The largest absolute Gasteiger partial charge is 0.371 e. The highest BCUT2D eigenvalue weighted by Crippen LogP contribution is 2.34. The molecule has 1 atom stereocenters. The number of nitrogens with one attached hydrogen (secondary N) is 1. The average Bonchev–Trinajstić information content (AvgIpc) is 2.82.